The molecule has 0 spiro atoms. The minimum absolute atomic E-state index is 0.216. The fourth-order valence-corrected chi connectivity index (χ4v) is 2.47. The first-order valence-corrected chi connectivity index (χ1v) is 8.63. The predicted octanol–water partition coefficient (Wildman–Crippen LogP) is 3.14. The third-order valence-electron chi connectivity index (χ3n) is 3.83. The SMILES string of the molecule is CCNC(=NCc1ccc(OC)c(OC)c1)NCCc1ccc(F)cc1. The van der Waals surface area contributed by atoms with Crippen LogP contribution in [0.2, 0.25) is 0 Å². The van der Waals surface area contributed by atoms with Crippen molar-refractivity contribution in [3.05, 3.63) is 59.4 Å². The van der Waals surface area contributed by atoms with Gasteiger partial charge in [0.1, 0.15) is 5.82 Å². The summed E-state index contributed by atoms with van der Waals surface area (Å²) < 4.78 is 23.5. The van der Waals surface area contributed by atoms with Crippen molar-refractivity contribution in [2.45, 2.75) is 19.9 Å². The molecule has 0 fully saturated rings. The van der Waals surface area contributed by atoms with E-state index in [1.807, 2.05) is 25.1 Å². The van der Waals surface area contributed by atoms with Crippen LogP contribution in [0.3, 0.4) is 0 Å². The number of halogens is 1. The van der Waals surface area contributed by atoms with Crippen molar-refractivity contribution < 1.29 is 13.9 Å². The van der Waals surface area contributed by atoms with E-state index >= 15 is 0 Å². The summed E-state index contributed by atoms with van der Waals surface area (Å²) in [6.45, 7) is 4.03. The summed E-state index contributed by atoms with van der Waals surface area (Å²) in [5.41, 5.74) is 2.10. The third kappa shape index (κ3) is 5.95. The molecule has 5 nitrogen and oxygen atoms in total. The number of hydrogen-bond donors (Lipinski definition) is 2. The summed E-state index contributed by atoms with van der Waals surface area (Å²) in [7, 11) is 3.23. The maximum Gasteiger partial charge on any atom is 0.191 e. The number of methoxy groups -OCH3 is 2. The van der Waals surface area contributed by atoms with Gasteiger partial charge in [-0.1, -0.05) is 18.2 Å². The lowest BCUT2D eigenvalue weighted by molar-refractivity contribution is 0.354. The Labute approximate surface area is 154 Å². The summed E-state index contributed by atoms with van der Waals surface area (Å²) >= 11 is 0. The molecule has 0 atom stereocenters. The van der Waals surface area contributed by atoms with E-state index in [2.05, 4.69) is 15.6 Å². The second-order valence-electron chi connectivity index (χ2n) is 5.69. The van der Waals surface area contributed by atoms with Gasteiger partial charge in [0.25, 0.3) is 0 Å². The van der Waals surface area contributed by atoms with Gasteiger partial charge in [-0.2, -0.15) is 0 Å². The van der Waals surface area contributed by atoms with Crippen molar-refractivity contribution in [3.8, 4) is 11.5 Å². The zero-order valence-electron chi connectivity index (χ0n) is 15.5. The number of aliphatic imine (C=N–C) groups is 1. The van der Waals surface area contributed by atoms with Gasteiger partial charge in [0.15, 0.2) is 17.5 Å². The van der Waals surface area contributed by atoms with Gasteiger partial charge in [-0.25, -0.2) is 9.38 Å². The smallest absolute Gasteiger partial charge is 0.191 e. The molecule has 0 heterocycles. The van der Waals surface area contributed by atoms with E-state index in [0.29, 0.717) is 24.6 Å². The molecule has 0 aliphatic rings. The van der Waals surface area contributed by atoms with E-state index in [1.165, 1.54) is 12.1 Å². The van der Waals surface area contributed by atoms with E-state index in [9.17, 15) is 4.39 Å². The second kappa shape index (κ2) is 10.3. The fourth-order valence-electron chi connectivity index (χ4n) is 2.47. The molecule has 0 radical (unpaired) electrons. The summed E-state index contributed by atoms with van der Waals surface area (Å²) in [5.74, 6) is 1.91. The predicted molar refractivity (Wildman–Crippen MR) is 102 cm³/mol. The first kappa shape index (κ1) is 19.6. The summed E-state index contributed by atoms with van der Waals surface area (Å²) in [5, 5.41) is 6.52. The van der Waals surface area contributed by atoms with Gasteiger partial charge in [0, 0.05) is 13.1 Å². The van der Waals surface area contributed by atoms with Crippen molar-refractivity contribution >= 4 is 5.96 Å². The molecule has 2 aromatic carbocycles. The Morgan fingerprint density at radius 1 is 0.962 bits per heavy atom. The maximum atomic E-state index is 12.9. The average molecular weight is 359 g/mol. The highest BCUT2D eigenvalue weighted by Gasteiger charge is 2.05. The molecule has 0 amide bonds. The lowest BCUT2D eigenvalue weighted by atomic mass is 10.1. The quantitative estimate of drug-likeness (QED) is 0.562. The topological polar surface area (TPSA) is 54.9 Å². The van der Waals surface area contributed by atoms with Gasteiger partial charge in [-0.15, -0.1) is 0 Å². The van der Waals surface area contributed by atoms with Crippen LogP contribution < -0.4 is 20.1 Å². The second-order valence-corrected chi connectivity index (χ2v) is 5.69. The van der Waals surface area contributed by atoms with E-state index in [1.54, 1.807) is 26.4 Å². The highest BCUT2D eigenvalue weighted by atomic mass is 19.1. The van der Waals surface area contributed by atoms with Crippen LogP contribution in [0, 0.1) is 5.82 Å². The molecule has 140 valence electrons. The van der Waals surface area contributed by atoms with Crippen LogP contribution in [0.25, 0.3) is 0 Å². The molecule has 0 unspecified atom stereocenters. The lowest BCUT2D eigenvalue weighted by Crippen LogP contribution is -2.38. The van der Waals surface area contributed by atoms with E-state index in [4.69, 9.17) is 9.47 Å². The third-order valence-corrected chi connectivity index (χ3v) is 3.83. The standard InChI is InChI=1S/C20H26FN3O2/c1-4-22-20(23-12-11-15-5-8-17(21)9-6-15)24-14-16-7-10-18(25-2)19(13-16)26-3/h5-10,13H,4,11-12,14H2,1-3H3,(H2,22,23,24). The average Bonchev–Trinajstić information content (AvgIpc) is 2.67. The van der Waals surface area contributed by atoms with Gasteiger partial charge in [0.2, 0.25) is 0 Å². The minimum atomic E-state index is -0.216. The molecular formula is C20H26FN3O2. The number of ether oxygens (including phenoxy) is 2. The first-order valence-electron chi connectivity index (χ1n) is 8.63. The Morgan fingerprint density at radius 2 is 1.65 bits per heavy atom. The molecule has 26 heavy (non-hydrogen) atoms. The van der Waals surface area contributed by atoms with Gasteiger partial charge < -0.3 is 20.1 Å². The van der Waals surface area contributed by atoms with Crippen LogP contribution in [0.1, 0.15) is 18.1 Å². The molecule has 2 rings (SSSR count). The number of nitrogens with zero attached hydrogens (tertiary/aromatic N) is 1. The van der Waals surface area contributed by atoms with Crippen molar-refractivity contribution in [1.82, 2.24) is 10.6 Å². The molecule has 0 bridgehead atoms. The first-order chi connectivity index (χ1) is 12.7. The van der Waals surface area contributed by atoms with Gasteiger partial charge in [-0.05, 0) is 48.7 Å². The number of benzene rings is 2. The van der Waals surface area contributed by atoms with Crippen LogP contribution in [-0.4, -0.2) is 33.3 Å². The summed E-state index contributed by atoms with van der Waals surface area (Å²) in [6.07, 6.45) is 0.793. The van der Waals surface area contributed by atoms with Gasteiger partial charge in [0.05, 0.1) is 20.8 Å². The van der Waals surface area contributed by atoms with Crippen LogP contribution in [0.15, 0.2) is 47.5 Å². The Kier molecular flexibility index (Phi) is 7.74. The fraction of sp³-hybridized carbons (Fsp3) is 0.350. The Bertz CT molecular complexity index is 717. The molecule has 0 aliphatic carbocycles. The monoisotopic (exact) mass is 359 g/mol. The number of rotatable bonds is 8. The van der Waals surface area contributed by atoms with E-state index in [-0.39, 0.29) is 5.82 Å². The zero-order valence-corrected chi connectivity index (χ0v) is 15.5. The zero-order chi connectivity index (χ0) is 18.8. The van der Waals surface area contributed by atoms with E-state index in [0.717, 1.165) is 30.1 Å². The molecule has 2 aromatic rings. The van der Waals surface area contributed by atoms with Crippen LogP contribution >= 0.6 is 0 Å². The van der Waals surface area contributed by atoms with E-state index < -0.39 is 0 Å². The molecule has 0 saturated heterocycles. The van der Waals surface area contributed by atoms with Crippen molar-refractivity contribution in [2.24, 2.45) is 4.99 Å². The minimum Gasteiger partial charge on any atom is -0.493 e. The largest absolute Gasteiger partial charge is 0.493 e. The Hall–Kier alpha value is -2.76. The molecule has 2 N–H and O–H groups in total. The Morgan fingerprint density at radius 3 is 2.31 bits per heavy atom. The maximum absolute atomic E-state index is 12.9. The molecule has 0 aromatic heterocycles. The summed E-state index contributed by atoms with van der Waals surface area (Å²) in [4.78, 5) is 4.60. The molecule has 0 saturated carbocycles. The van der Waals surface area contributed by atoms with Crippen LogP contribution in [0.5, 0.6) is 11.5 Å². The van der Waals surface area contributed by atoms with Crippen molar-refractivity contribution in [2.75, 3.05) is 27.3 Å². The molecule has 0 aliphatic heterocycles. The summed E-state index contributed by atoms with van der Waals surface area (Å²) in [6, 6.07) is 12.3. The number of nitrogens with one attached hydrogen (secondary N) is 2. The normalized spacial score (nSPS) is 11.2. The van der Waals surface area contributed by atoms with Gasteiger partial charge in [-0.3, -0.25) is 0 Å². The highest BCUT2D eigenvalue weighted by Crippen LogP contribution is 2.27. The van der Waals surface area contributed by atoms with Gasteiger partial charge >= 0.3 is 0 Å². The lowest BCUT2D eigenvalue weighted by Gasteiger charge is -2.12. The molecule has 6 heteroatoms. The van der Waals surface area contributed by atoms with Crippen LogP contribution in [-0.2, 0) is 13.0 Å². The molecular weight excluding hydrogens is 333 g/mol. The van der Waals surface area contributed by atoms with Crippen molar-refractivity contribution in [1.29, 1.82) is 0 Å². The number of hydrogen-bond acceptors (Lipinski definition) is 3. The van der Waals surface area contributed by atoms with Crippen molar-refractivity contribution in [3.63, 3.8) is 0 Å². The highest BCUT2D eigenvalue weighted by molar-refractivity contribution is 5.79. The Balaban J connectivity index is 1.94. The number of guanidine groups is 1. The van der Waals surface area contributed by atoms with Crippen LogP contribution in [0.4, 0.5) is 4.39 Å².